The highest BCUT2D eigenvalue weighted by atomic mass is 79.9. The van der Waals surface area contributed by atoms with Crippen LogP contribution in [0.5, 0.6) is 0 Å². The highest BCUT2D eigenvalue weighted by Gasteiger charge is 2.04. The lowest BCUT2D eigenvalue weighted by Crippen LogP contribution is -2.14. The van der Waals surface area contributed by atoms with Gasteiger partial charge in [0.1, 0.15) is 0 Å². The monoisotopic (exact) mass is 587 g/mol. The van der Waals surface area contributed by atoms with Gasteiger partial charge in [0.25, 0.3) is 11.4 Å². The lowest BCUT2D eigenvalue weighted by molar-refractivity contribution is -0.385. The van der Waals surface area contributed by atoms with Crippen molar-refractivity contribution in [1.82, 2.24) is 9.80 Å². The minimum Gasteiger partial charge on any atom is -0.399 e. The van der Waals surface area contributed by atoms with Crippen molar-refractivity contribution >= 4 is 33.0 Å². The van der Waals surface area contributed by atoms with Crippen LogP contribution in [0, 0.1) is 20.2 Å². The molecular formula is C28H38BrN5O4. The molecule has 0 aliphatic carbocycles. The van der Waals surface area contributed by atoms with Crippen LogP contribution in [-0.4, -0.2) is 66.3 Å². The molecule has 0 spiro atoms. The Morgan fingerprint density at radius 2 is 0.947 bits per heavy atom. The number of nitro benzene ring substituents is 2. The molecule has 0 aliphatic rings. The van der Waals surface area contributed by atoms with E-state index in [0.717, 1.165) is 54.5 Å². The molecular weight excluding hydrogens is 550 g/mol. The summed E-state index contributed by atoms with van der Waals surface area (Å²) in [5.41, 5.74) is 10.3. The zero-order chi connectivity index (χ0) is 28.5. The molecule has 0 fully saturated rings. The van der Waals surface area contributed by atoms with Gasteiger partial charge in [0.2, 0.25) is 0 Å². The second-order valence-electron chi connectivity index (χ2n) is 9.13. The highest BCUT2D eigenvalue weighted by Crippen LogP contribution is 2.13. The van der Waals surface area contributed by atoms with Crippen molar-refractivity contribution < 1.29 is 9.85 Å². The number of alkyl halides is 1. The van der Waals surface area contributed by atoms with Crippen molar-refractivity contribution in [2.75, 3.05) is 52.3 Å². The van der Waals surface area contributed by atoms with Gasteiger partial charge in [-0.15, -0.1) is 0 Å². The number of likely N-dealkylation sites (N-methyl/N-ethyl adjacent to an activating group) is 2. The number of nitrogens with two attached hydrogens (primary N) is 1. The zero-order valence-corrected chi connectivity index (χ0v) is 24.1. The standard InChI is InChI=1S/C10H14N2O2.C10H16N2.C8H8BrNO2/c1-11(2)8-7-9-3-5-10(6-4-9)12(13)14;1-12(2)8-7-9-3-5-10(11)6-4-9;9-6-5-7-1-3-8(4-2-7)10(11)12/h3-6H,7-8H2,1-2H3;3-6H,7-8,11H2,1-2H3;1-4H,5-6H2. The van der Waals surface area contributed by atoms with E-state index in [1.807, 2.05) is 38.4 Å². The van der Waals surface area contributed by atoms with Crippen molar-refractivity contribution in [2.24, 2.45) is 0 Å². The van der Waals surface area contributed by atoms with E-state index in [0.29, 0.717) is 0 Å². The van der Waals surface area contributed by atoms with Crippen molar-refractivity contribution in [3.05, 3.63) is 110 Å². The number of aryl methyl sites for hydroxylation is 1. The average molecular weight is 589 g/mol. The number of benzene rings is 3. The summed E-state index contributed by atoms with van der Waals surface area (Å²) >= 11 is 3.30. The van der Waals surface area contributed by atoms with Gasteiger partial charge in [-0.1, -0.05) is 52.3 Å². The van der Waals surface area contributed by atoms with Crippen molar-refractivity contribution in [3.8, 4) is 0 Å². The number of rotatable bonds is 10. The minimum absolute atomic E-state index is 0.147. The predicted octanol–water partition coefficient (Wildman–Crippen LogP) is 5.60. The van der Waals surface area contributed by atoms with Gasteiger partial charge in [-0.25, -0.2) is 0 Å². The SMILES string of the molecule is CN(C)CCc1ccc(N)cc1.CN(C)CCc1ccc([N+](=O)[O-])cc1.O=[N+]([O-])c1ccc(CCBr)cc1. The second-order valence-corrected chi connectivity index (χ2v) is 9.93. The van der Waals surface area contributed by atoms with Crippen molar-refractivity contribution in [2.45, 2.75) is 19.3 Å². The quantitative estimate of drug-likeness (QED) is 0.142. The normalized spacial score (nSPS) is 10.3. The lowest BCUT2D eigenvalue weighted by atomic mass is 10.1. The van der Waals surface area contributed by atoms with Crippen LogP contribution in [0.15, 0.2) is 72.8 Å². The van der Waals surface area contributed by atoms with E-state index < -0.39 is 4.92 Å². The summed E-state index contributed by atoms with van der Waals surface area (Å²) in [5.74, 6) is 0. The van der Waals surface area contributed by atoms with Gasteiger partial charge in [0.05, 0.1) is 9.85 Å². The Balaban J connectivity index is 0.000000286. The van der Waals surface area contributed by atoms with Crippen molar-refractivity contribution in [3.63, 3.8) is 0 Å². The molecule has 0 bridgehead atoms. The van der Waals surface area contributed by atoms with Gasteiger partial charge in [-0.2, -0.15) is 0 Å². The third-order valence-corrected chi connectivity index (χ3v) is 5.75. The summed E-state index contributed by atoms with van der Waals surface area (Å²) in [5, 5.41) is 21.5. The summed E-state index contributed by atoms with van der Waals surface area (Å²) in [7, 11) is 8.17. The maximum Gasteiger partial charge on any atom is 0.269 e. The summed E-state index contributed by atoms with van der Waals surface area (Å²) in [6, 6.07) is 21.4. The molecule has 2 N–H and O–H groups in total. The van der Waals surface area contributed by atoms with E-state index in [1.54, 1.807) is 24.3 Å². The fraction of sp³-hybridized carbons (Fsp3) is 0.357. The third kappa shape index (κ3) is 14.4. The largest absolute Gasteiger partial charge is 0.399 e. The second kappa shape index (κ2) is 18.0. The van der Waals surface area contributed by atoms with Gasteiger partial charge in [-0.3, -0.25) is 20.2 Å². The first kappa shape index (κ1) is 32.7. The summed E-state index contributed by atoms with van der Waals surface area (Å²) in [4.78, 5) is 24.1. The molecule has 9 nitrogen and oxygen atoms in total. The van der Waals surface area contributed by atoms with Crippen LogP contribution in [0.3, 0.4) is 0 Å². The van der Waals surface area contributed by atoms with Gasteiger partial charge in [0.15, 0.2) is 0 Å². The first-order valence-electron chi connectivity index (χ1n) is 12.2. The molecule has 3 aromatic carbocycles. The number of anilines is 1. The molecule has 0 saturated carbocycles. The molecule has 0 radical (unpaired) electrons. The molecule has 10 heteroatoms. The Morgan fingerprint density at radius 1 is 0.632 bits per heavy atom. The predicted molar refractivity (Wildman–Crippen MR) is 159 cm³/mol. The Labute approximate surface area is 233 Å². The smallest absolute Gasteiger partial charge is 0.269 e. The highest BCUT2D eigenvalue weighted by molar-refractivity contribution is 9.09. The Hall–Kier alpha value is -3.34. The molecule has 3 rings (SSSR count). The van der Waals surface area contributed by atoms with Crippen LogP contribution in [0.2, 0.25) is 0 Å². The zero-order valence-electron chi connectivity index (χ0n) is 22.5. The fourth-order valence-electron chi connectivity index (χ4n) is 3.07. The number of nitrogens with zero attached hydrogens (tertiary/aromatic N) is 4. The van der Waals surface area contributed by atoms with E-state index in [1.165, 1.54) is 17.7 Å². The van der Waals surface area contributed by atoms with E-state index in [9.17, 15) is 20.2 Å². The number of hydrogen-bond donors (Lipinski definition) is 1. The minimum atomic E-state index is -0.391. The molecule has 0 atom stereocenters. The van der Waals surface area contributed by atoms with E-state index >= 15 is 0 Å². The molecule has 0 unspecified atom stereocenters. The molecule has 38 heavy (non-hydrogen) atoms. The van der Waals surface area contributed by atoms with Crippen LogP contribution in [0.1, 0.15) is 16.7 Å². The van der Waals surface area contributed by atoms with Gasteiger partial charge >= 0.3 is 0 Å². The summed E-state index contributed by atoms with van der Waals surface area (Å²) < 4.78 is 0. The summed E-state index contributed by atoms with van der Waals surface area (Å²) in [6.07, 6.45) is 2.91. The van der Waals surface area contributed by atoms with Gasteiger partial charge in [0, 0.05) is 48.4 Å². The molecule has 0 saturated heterocycles. The maximum absolute atomic E-state index is 10.4. The Bertz CT molecular complexity index is 1090. The number of hydrogen-bond acceptors (Lipinski definition) is 7. The maximum atomic E-state index is 10.4. The Morgan fingerprint density at radius 3 is 1.24 bits per heavy atom. The Kier molecular flexibility index (Phi) is 15.5. The van der Waals surface area contributed by atoms with E-state index in [2.05, 4.69) is 52.0 Å². The molecule has 0 aliphatic heterocycles. The van der Waals surface area contributed by atoms with Crippen LogP contribution in [0.4, 0.5) is 17.1 Å². The van der Waals surface area contributed by atoms with Gasteiger partial charge in [-0.05, 0) is 76.3 Å². The number of halogens is 1. The molecule has 0 heterocycles. The molecule has 3 aromatic rings. The number of nitrogen functional groups attached to an aromatic ring is 1. The van der Waals surface area contributed by atoms with E-state index in [-0.39, 0.29) is 16.3 Å². The third-order valence-electron chi connectivity index (χ3n) is 5.35. The van der Waals surface area contributed by atoms with Crippen LogP contribution in [-0.2, 0) is 19.3 Å². The first-order valence-corrected chi connectivity index (χ1v) is 13.3. The number of nitro groups is 2. The van der Waals surface area contributed by atoms with Crippen molar-refractivity contribution in [1.29, 1.82) is 0 Å². The number of non-ortho nitro benzene ring substituents is 2. The topological polar surface area (TPSA) is 119 Å². The van der Waals surface area contributed by atoms with Crippen LogP contribution >= 0.6 is 15.9 Å². The summed E-state index contributed by atoms with van der Waals surface area (Å²) in [6.45, 7) is 2.04. The molecule has 0 amide bonds. The molecule has 0 aromatic heterocycles. The fourth-order valence-corrected chi connectivity index (χ4v) is 3.53. The van der Waals surface area contributed by atoms with Crippen LogP contribution in [0.25, 0.3) is 0 Å². The van der Waals surface area contributed by atoms with E-state index in [4.69, 9.17) is 5.73 Å². The lowest BCUT2D eigenvalue weighted by Gasteiger charge is -2.08. The van der Waals surface area contributed by atoms with Crippen LogP contribution < -0.4 is 5.73 Å². The molecule has 206 valence electrons. The average Bonchev–Trinajstić information content (AvgIpc) is 2.88. The van der Waals surface area contributed by atoms with Gasteiger partial charge < -0.3 is 15.5 Å². The first-order chi connectivity index (χ1) is 18.0.